The molecule has 0 saturated carbocycles. The van der Waals surface area contributed by atoms with E-state index >= 15 is 0 Å². The zero-order valence-electron chi connectivity index (χ0n) is 27.5. The second kappa shape index (κ2) is 29.9. The number of hydrogen-bond acceptors (Lipinski definition) is 6. The van der Waals surface area contributed by atoms with Crippen molar-refractivity contribution in [2.45, 2.75) is 188 Å². The lowest BCUT2D eigenvalue weighted by Crippen LogP contribution is -2.30. The largest absolute Gasteiger partial charge is 0.462 e. The maximum absolute atomic E-state index is 12.5. The van der Waals surface area contributed by atoms with Crippen LogP contribution in [0.4, 0.5) is 0 Å². The Hall–Kier alpha value is -1.59. The van der Waals surface area contributed by atoms with Gasteiger partial charge in [0.1, 0.15) is 13.2 Å². The molecule has 0 spiro atoms. The zero-order chi connectivity index (χ0) is 30.4. The van der Waals surface area contributed by atoms with Crippen LogP contribution in [0.5, 0.6) is 0 Å². The van der Waals surface area contributed by atoms with E-state index in [-0.39, 0.29) is 31.1 Å². The van der Waals surface area contributed by atoms with E-state index < -0.39 is 6.10 Å². The SMILES string of the molecule is CCCCCCCCCC(=O)OC[C@H](COC(=O)CCCCCCC)OC(=O)CCCCCCCCCCC(C)C. The van der Waals surface area contributed by atoms with Crippen molar-refractivity contribution in [2.24, 2.45) is 5.92 Å². The van der Waals surface area contributed by atoms with Crippen molar-refractivity contribution in [3.8, 4) is 0 Å². The molecule has 0 aliphatic heterocycles. The predicted molar refractivity (Wildman–Crippen MR) is 169 cm³/mol. The van der Waals surface area contributed by atoms with Gasteiger partial charge in [0.2, 0.25) is 0 Å². The lowest BCUT2D eigenvalue weighted by atomic mass is 10.0. The van der Waals surface area contributed by atoms with Crippen LogP contribution in [0, 0.1) is 5.92 Å². The molecule has 0 fully saturated rings. The number of carbonyl (C=O) groups excluding carboxylic acids is 3. The van der Waals surface area contributed by atoms with Gasteiger partial charge in [-0.3, -0.25) is 14.4 Å². The van der Waals surface area contributed by atoms with E-state index in [1.807, 2.05) is 0 Å². The highest BCUT2D eigenvalue weighted by molar-refractivity contribution is 5.71. The Bertz CT molecular complexity index is 618. The average molecular weight is 583 g/mol. The van der Waals surface area contributed by atoms with E-state index in [0.717, 1.165) is 70.1 Å². The normalized spacial score (nSPS) is 11.9. The summed E-state index contributed by atoms with van der Waals surface area (Å²) >= 11 is 0. The van der Waals surface area contributed by atoms with Crippen molar-refractivity contribution in [3.63, 3.8) is 0 Å². The molecule has 41 heavy (non-hydrogen) atoms. The standard InChI is InChI=1S/C35H66O6/c1-5-7-9-11-14-19-23-27-34(37)40-30-32(29-39-33(36)26-22-17-10-8-6-2)41-35(38)28-24-20-16-13-12-15-18-21-25-31(3)4/h31-32H,5-30H2,1-4H3/t32-/m0/s1. The van der Waals surface area contributed by atoms with Gasteiger partial charge in [0.25, 0.3) is 0 Å². The highest BCUT2D eigenvalue weighted by Gasteiger charge is 2.19. The fraction of sp³-hybridized carbons (Fsp3) is 0.914. The number of unbranched alkanes of at least 4 members (excludes halogenated alkanes) is 17. The summed E-state index contributed by atoms with van der Waals surface area (Å²) in [5, 5.41) is 0. The fourth-order valence-corrected chi connectivity index (χ4v) is 4.86. The first-order valence-corrected chi connectivity index (χ1v) is 17.4. The minimum Gasteiger partial charge on any atom is -0.462 e. The third-order valence-corrected chi connectivity index (χ3v) is 7.54. The van der Waals surface area contributed by atoms with Crippen molar-refractivity contribution in [1.82, 2.24) is 0 Å². The number of rotatable bonds is 30. The van der Waals surface area contributed by atoms with Gasteiger partial charge in [-0.15, -0.1) is 0 Å². The van der Waals surface area contributed by atoms with Gasteiger partial charge >= 0.3 is 17.9 Å². The second-order valence-electron chi connectivity index (χ2n) is 12.3. The van der Waals surface area contributed by atoms with E-state index in [1.54, 1.807) is 0 Å². The smallest absolute Gasteiger partial charge is 0.306 e. The van der Waals surface area contributed by atoms with Gasteiger partial charge in [0, 0.05) is 19.3 Å². The Kier molecular flexibility index (Phi) is 28.7. The van der Waals surface area contributed by atoms with E-state index in [0.29, 0.717) is 19.3 Å². The molecule has 0 heterocycles. The van der Waals surface area contributed by atoms with E-state index in [2.05, 4.69) is 27.7 Å². The molecule has 242 valence electrons. The summed E-state index contributed by atoms with van der Waals surface area (Å²) in [5.74, 6) is -0.0988. The molecule has 6 nitrogen and oxygen atoms in total. The lowest BCUT2D eigenvalue weighted by Gasteiger charge is -2.18. The quantitative estimate of drug-likeness (QED) is 0.0476. The van der Waals surface area contributed by atoms with Crippen molar-refractivity contribution < 1.29 is 28.6 Å². The molecule has 0 radical (unpaired) electrons. The van der Waals surface area contributed by atoms with Crippen LogP contribution in [-0.2, 0) is 28.6 Å². The molecule has 0 aromatic rings. The lowest BCUT2D eigenvalue weighted by molar-refractivity contribution is -0.167. The number of esters is 3. The van der Waals surface area contributed by atoms with E-state index in [9.17, 15) is 14.4 Å². The fourth-order valence-electron chi connectivity index (χ4n) is 4.86. The minimum absolute atomic E-state index is 0.0678. The van der Waals surface area contributed by atoms with Gasteiger partial charge in [0.15, 0.2) is 6.10 Å². The molecular weight excluding hydrogens is 516 g/mol. The Morgan fingerprint density at radius 2 is 0.805 bits per heavy atom. The summed E-state index contributed by atoms with van der Waals surface area (Å²) in [6.45, 7) is 8.78. The van der Waals surface area contributed by atoms with Crippen molar-refractivity contribution in [3.05, 3.63) is 0 Å². The summed E-state index contributed by atoms with van der Waals surface area (Å²) in [6, 6.07) is 0. The Morgan fingerprint density at radius 3 is 1.20 bits per heavy atom. The first-order chi connectivity index (χ1) is 19.9. The molecule has 0 unspecified atom stereocenters. The molecule has 0 rings (SSSR count). The summed E-state index contributed by atoms with van der Waals surface area (Å²) in [6.07, 6.45) is 24.2. The molecule has 0 amide bonds. The summed E-state index contributed by atoms with van der Waals surface area (Å²) in [7, 11) is 0. The van der Waals surface area contributed by atoms with Crippen molar-refractivity contribution in [2.75, 3.05) is 13.2 Å². The van der Waals surface area contributed by atoms with Crippen LogP contribution in [0.15, 0.2) is 0 Å². The van der Waals surface area contributed by atoms with Crippen LogP contribution in [0.2, 0.25) is 0 Å². The molecule has 0 aromatic carbocycles. The second-order valence-corrected chi connectivity index (χ2v) is 12.3. The number of ether oxygens (including phenoxy) is 3. The molecule has 0 aliphatic rings. The molecule has 6 heteroatoms. The molecule has 0 aromatic heterocycles. The van der Waals surface area contributed by atoms with Crippen LogP contribution < -0.4 is 0 Å². The zero-order valence-corrected chi connectivity index (χ0v) is 27.5. The average Bonchev–Trinajstić information content (AvgIpc) is 2.94. The van der Waals surface area contributed by atoms with Crippen molar-refractivity contribution >= 4 is 17.9 Å². The van der Waals surface area contributed by atoms with Crippen LogP contribution >= 0.6 is 0 Å². The molecule has 1 atom stereocenters. The molecule has 0 saturated heterocycles. The monoisotopic (exact) mass is 582 g/mol. The summed E-state index contributed by atoms with van der Waals surface area (Å²) < 4.78 is 16.4. The van der Waals surface area contributed by atoms with Gasteiger partial charge < -0.3 is 14.2 Å². The van der Waals surface area contributed by atoms with E-state index in [1.165, 1.54) is 70.6 Å². The maximum atomic E-state index is 12.5. The topological polar surface area (TPSA) is 78.9 Å². The Balaban J connectivity index is 4.31. The predicted octanol–water partition coefficient (Wildman–Crippen LogP) is 10.0. The van der Waals surface area contributed by atoms with Gasteiger partial charge in [-0.25, -0.2) is 0 Å². The maximum Gasteiger partial charge on any atom is 0.306 e. The van der Waals surface area contributed by atoms with Crippen LogP contribution in [0.25, 0.3) is 0 Å². The van der Waals surface area contributed by atoms with Crippen LogP contribution in [-0.4, -0.2) is 37.2 Å². The summed E-state index contributed by atoms with van der Waals surface area (Å²) in [4.78, 5) is 36.9. The highest BCUT2D eigenvalue weighted by atomic mass is 16.6. The minimum atomic E-state index is -0.754. The van der Waals surface area contributed by atoms with Crippen LogP contribution in [0.3, 0.4) is 0 Å². The van der Waals surface area contributed by atoms with Gasteiger partial charge in [0.05, 0.1) is 0 Å². The number of carbonyl (C=O) groups is 3. The van der Waals surface area contributed by atoms with Gasteiger partial charge in [-0.2, -0.15) is 0 Å². The Labute approximate surface area is 253 Å². The molecule has 0 N–H and O–H groups in total. The number of hydrogen-bond donors (Lipinski definition) is 0. The first-order valence-electron chi connectivity index (χ1n) is 17.4. The van der Waals surface area contributed by atoms with Gasteiger partial charge in [-0.05, 0) is 25.2 Å². The van der Waals surface area contributed by atoms with Crippen LogP contribution in [0.1, 0.15) is 182 Å². The molecule has 0 aliphatic carbocycles. The van der Waals surface area contributed by atoms with E-state index in [4.69, 9.17) is 14.2 Å². The van der Waals surface area contributed by atoms with Gasteiger partial charge in [-0.1, -0.05) is 143 Å². The summed E-state index contributed by atoms with van der Waals surface area (Å²) in [5.41, 5.74) is 0. The molecular formula is C35H66O6. The first kappa shape index (κ1) is 39.4. The third kappa shape index (κ3) is 29.7. The third-order valence-electron chi connectivity index (χ3n) is 7.54. The Morgan fingerprint density at radius 1 is 0.463 bits per heavy atom. The van der Waals surface area contributed by atoms with Crippen molar-refractivity contribution in [1.29, 1.82) is 0 Å². The highest BCUT2D eigenvalue weighted by Crippen LogP contribution is 2.14. The molecule has 0 bridgehead atoms.